The number of morpholine rings is 1. The molecule has 0 unspecified atom stereocenters. The van der Waals surface area contributed by atoms with Crippen molar-refractivity contribution in [2.45, 2.75) is 13.1 Å². The van der Waals surface area contributed by atoms with E-state index in [1.165, 1.54) is 18.0 Å². The second kappa shape index (κ2) is 11.0. The molecule has 2 N–H and O–H groups in total. The van der Waals surface area contributed by atoms with Crippen molar-refractivity contribution in [1.29, 1.82) is 0 Å². The molecule has 1 aromatic carbocycles. The third-order valence-electron chi connectivity index (χ3n) is 6.45. The SMILES string of the molecule is O=C(NO)c1cnc(N2CCN(Cc3ccc(-c4ccc(CN5CCOCC5)cc4)o3)CC2)nc1. The summed E-state index contributed by atoms with van der Waals surface area (Å²) in [6.45, 7) is 8.58. The highest BCUT2D eigenvalue weighted by molar-refractivity contribution is 5.92. The molecule has 10 heteroatoms. The lowest BCUT2D eigenvalue weighted by molar-refractivity contribution is 0.0342. The topological polar surface area (TPSA) is 107 Å². The maximum Gasteiger partial charge on any atom is 0.277 e. The zero-order valence-corrected chi connectivity index (χ0v) is 19.6. The van der Waals surface area contributed by atoms with Gasteiger partial charge in [-0.1, -0.05) is 24.3 Å². The van der Waals surface area contributed by atoms with E-state index in [-0.39, 0.29) is 5.56 Å². The molecule has 1 amide bonds. The molecule has 2 fully saturated rings. The fourth-order valence-electron chi connectivity index (χ4n) is 4.40. The summed E-state index contributed by atoms with van der Waals surface area (Å²) in [5.74, 6) is 1.79. The Morgan fingerprint density at radius 3 is 2.26 bits per heavy atom. The van der Waals surface area contributed by atoms with Crippen LogP contribution in [0.15, 0.2) is 53.2 Å². The number of benzene rings is 1. The Hall–Kier alpha value is -3.31. The number of hydrogen-bond acceptors (Lipinski definition) is 9. The van der Waals surface area contributed by atoms with Crippen molar-refractivity contribution in [3.63, 3.8) is 0 Å². The molecule has 2 aliphatic heterocycles. The quantitative estimate of drug-likeness (QED) is 0.389. The van der Waals surface area contributed by atoms with Crippen LogP contribution < -0.4 is 10.4 Å². The Balaban J connectivity index is 1.12. The highest BCUT2D eigenvalue weighted by Crippen LogP contribution is 2.24. The Bertz CT molecular complexity index is 1100. The average molecular weight is 479 g/mol. The Morgan fingerprint density at radius 1 is 0.886 bits per heavy atom. The molecule has 2 aromatic heterocycles. The first-order valence-electron chi connectivity index (χ1n) is 11.9. The van der Waals surface area contributed by atoms with Crippen molar-refractivity contribution < 1.29 is 19.2 Å². The minimum atomic E-state index is -0.622. The van der Waals surface area contributed by atoms with Crippen LogP contribution in [0.25, 0.3) is 11.3 Å². The molecule has 0 spiro atoms. The molecule has 0 saturated carbocycles. The number of hydrogen-bond donors (Lipinski definition) is 2. The largest absolute Gasteiger partial charge is 0.460 e. The van der Waals surface area contributed by atoms with Gasteiger partial charge in [0.25, 0.3) is 5.91 Å². The number of nitrogens with one attached hydrogen (secondary N) is 1. The molecule has 2 saturated heterocycles. The van der Waals surface area contributed by atoms with Gasteiger partial charge in [0.15, 0.2) is 0 Å². The Morgan fingerprint density at radius 2 is 1.57 bits per heavy atom. The van der Waals surface area contributed by atoms with Crippen LogP contribution in [0, 0.1) is 0 Å². The van der Waals surface area contributed by atoms with Crippen molar-refractivity contribution in [3.05, 3.63) is 65.7 Å². The van der Waals surface area contributed by atoms with E-state index in [9.17, 15) is 4.79 Å². The van der Waals surface area contributed by atoms with Gasteiger partial charge in [-0.25, -0.2) is 15.4 Å². The molecular formula is C25H30N6O4. The molecule has 2 aliphatic rings. The number of piperazine rings is 1. The first-order valence-corrected chi connectivity index (χ1v) is 11.9. The highest BCUT2D eigenvalue weighted by Gasteiger charge is 2.20. The first-order chi connectivity index (χ1) is 17.2. The molecule has 5 rings (SSSR count). The summed E-state index contributed by atoms with van der Waals surface area (Å²) in [4.78, 5) is 26.8. The summed E-state index contributed by atoms with van der Waals surface area (Å²) >= 11 is 0. The number of aromatic nitrogens is 2. The summed E-state index contributed by atoms with van der Waals surface area (Å²) in [6.07, 6.45) is 2.83. The van der Waals surface area contributed by atoms with E-state index in [1.54, 1.807) is 5.48 Å². The molecule has 4 heterocycles. The van der Waals surface area contributed by atoms with Gasteiger partial charge in [0.1, 0.15) is 11.5 Å². The normalized spacial score (nSPS) is 17.5. The van der Waals surface area contributed by atoms with Gasteiger partial charge in [-0.3, -0.25) is 19.8 Å². The van der Waals surface area contributed by atoms with Crippen molar-refractivity contribution in [1.82, 2.24) is 25.2 Å². The number of furan rings is 1. The maximum atomic E-state index is 11.4. The van der Waals surface area contributed by atoms with Gasteiger partial charge in [-0.2, -0.15) is 0 Å². The van der Waals surface area contributed by atoms with Gasteiger partial charge in [0.05, 0.1) is 25.3 Å². The van der Waals surface area contributed by atoms with Crippen molar-refractivity contribution >= 4 is 11.9 Å². The second-order valence-electron chi connectivity index (χ2n) is 8.83. The van der Waals surface area contributed by atoms with E-state index in [0.29, 0.717) is 5.95 Å². The lowest BCUT2D eigenvalue weighted by Gasteiger charge is -2.34. The minimum Gasteiger partial charge on any atom is -0.460 e. The van der Waals surface area contributed by atoms with Gasteiger partial charge >= 0.3 is 0 Å². The van der Waals surface area contributed by atoms with Crippen molar-refractivity contribution in [2.75, 3.05) is 57.4 Å². The number of hydroxylamine groups is 1. The predicted molar refractivity (Wildman–Crippen MR) is 129 cm³/mol. The number of carbonyl (C=O) groups is 1. The number of ether oxygens (including phenoxy) is 1. The van der Waals surface area contributed by atoms with Gasteiger partial charge in [-0.05, 0) is 17.7 Å². The maximum absolute atomic E-state index is 11.4. The van der Waals surface area contributed by atoms with E-state index in [1.807, 2.05) is 6.07 Å². The third-order valence-corrected chi connectivity index (χ3v) is 6.45. The molecule has 3 aromatic rings. The van der Waals surface area contributed by atoms with E-state index < -0.39 is 5.91 Å². The summed E-state index contributed by atoms with van der Waals surface area (Å²) in [6, 6.07) is 12.7. The van der Waals surface area contributed by atoms with Crippen LogP contribution in [0.1, 0.15) is 21.7 Å². The zero-order chi connectivity index (χ0) is 24.0. The standard InChI is InChI=1S/C25H30N6O4/c32-24(28-33)21-15-26-25(27-16-21)31-9-7-29(8-10-31)18-22-5-6-23(35-22)20-3-1-19(2-4-20)17-30-11-13-34-14-12-30/h1-6,15-16,33H,7-14,17-18H2,(H,28,32). The van der Waals surface area contributed by atoms with Crippen LogP contribution in [0.3, 0.4) is 0 Å². The summed E-state index contributed by atoms with van der Waals surface area (Å²) in [7, 11) is 0. The number of carbonyl (C=O) groups excluding carboxylic acids is 1. The van der Waals surface area contributed by atoms with Crippen LogP contribution in [0.2, 0.25) is 0 Å². The Labute approximate surface area is 204 Å². The molecule has 0 aliphatic carbocycles. The van der Waals surface area contributed by atoms with Gasteiger partial charge in [-0.15, -0.1) is 0 Å². The van der Waals surface area contributed by atoms with Crippen molar-refractivity contribution in [3.8, 4) is 11.3 Å². The van der Waals surface area contributed by atoms with Crippen LogP contribution in [-0.2, 0) is 17.8 Å². The number of amides is 1. The summed E-state index contributed by atoms with van der Waals surface area (Å²) in [5, 5.41) is 8.71. The van der Waals surface area contributed by atoms with Gasteiger partial charge in [0, 0.05) is 63.8 Å². The Kier molecular flexibility index (Phi) is 7.34. The minimum absolute atomic E-state index is 0.218. The van der Waals surface area contributed by atoms with Gasteiger partial charge < -0.3 is 14.1 Å². The monoisotopic (exact) mass is 478 g/mol. The molecule has 184 valence electrons. The molecule has 10 nitrogen and oxygen atoms in total. The van der Waals surface area contributed by atoms with E-state index in [0.717, 1.165) is 82.7 Å². The van der Waals surface area contributed by atoms with Crippen LogP contribution in [0.5, 0.6) is 0 Å². The molecule has 0 atom stereocenters. The molecule has 0 radical (unpaired) electrons. The van der Waals surface area contributed by atoms with Crippen LogP contribution in [-0.4, -0.2) is 83.4 Å². The third kappa shape index (κ3) is 5.85. The van der Waals surface area contributed by atoms with Crippen LogP contribution in [0.4, 0.5) is 5.95 Å². The lowest BCUT2D eigenvalue weighted by atomic mass is 10.1. The van der Waals surface area contributed by atoms with Crippen LogP contribution >= 0.6 is 0 Å². The molecule has 35 heavy (non-hydrogen) atoms. The van der Waals surface area contributed by atoms with E-state index in [2.05, 4.69) is 55.0 Å². The fraction of sp³-hybridized carbons (Fsp3) is 0.400. The van der Waals surface area contributed by atoms with E-state index in [4.69, 9.17) is 14.4 Å². The fourth-order valence-corrected chi connectivity index (χ4v) is 4.40. The zero-order valence-electron chi connectivity index (χ0n) is 19.6. The second-order valence-corrected chi connectivity index (χ2v) is 8.83. The number of rotatable bonds is 7. The lowest BCUT2D eigenvalue weighted by Crippen LogP contribution is -2.46. The molecule has 0 bridgehead atoms. The average Bonchev–Trinajstić information content (AvgIpc) is 3.38. The number of anilines is 1. The van der Waals surface area contributed by atoms with Crippen molar-refractivity contribution in [2.24, 2.45) is 0 Å². The summed E-state index contributed by atoms with van der Waals surface area (Å²) < 4.78 is 11.6. The van der Waals surface area contributed by atoms with E-state index >= 15 is 0 Å². The highest BCUT2D eigenvalue weighted by atomic mass is 16.5. The smallest absolute Gasteiger partial charge is 0.277 e. The summed E-state index contributed by atoms with van der Waals surface area (Å²) in [5.41, 5.74) is 4.19. The first kappa shape index (κ1) is 23.4. The number of nitrogens with zero attached hydrogens (tertiary/aromatic N) is 5. The molecular weight excluding hydrogens is 448 g/mol. The van der Waals surface area contributed by atoms with Gasteiger partial charge in [0.2, 0.25) is 5.95 Å². The predicted octanol–water partition coefficient (Wildman–Crippen LogP) is 2.01.